The number of unbranched alkanes of at least 4 members (excludes halogenated alkanes) is 5. The minimum Gasteiger partial charge on any atom is -0.317 e. The summed E-state index contributed by atoms with van der Waals surface area (Å²) in [6.45, 7) is 2.21. The minimum absolute atomic E-state index is 0.146. The molecule has 1 N–H and O–H groups in total. The number of benzene rings is 1. The fourth-order valence-corrected chi connectivity index (χ4v) is 2.49. The second-order valence-electron chi connectivity index (χ2n) is 5.45. The van der Waals surface area contributed by atoms with E-state index in [1.54, 1.807) is 0 Å². The van der Waals surface area contributed by atoms with Gasteiger partial charge in [-0.3, -0.25) is 0 Å². The van der Waals surface area contributed by atoms with E-state index in [9.17, 15) is 8.78 Å². The molecular formula is C17H27F2N. The van der Waals surface area contributed by atoms with E-state index in [4.69, 9.17) is 0 Å². The Morgan fingerprint density at radius 2 is 1.60 bits per heavy atom. The van der Waals surface area contributed by atoms with E-state index in [2.05, 4.69) is 12.2 Å². The molecule has 0 aliphatic carbocycles. The Balaban J connectivity index is 2.36. The maximum absolute atomic E-state index is 13.6. The van der Waals surface area contributed by atoms with Crippen LogP contribution in [-0.4, -0.2) is 13.1 Å². The number of hydrogen-bond acceptors (Lipinski definition) is 1. The third-order valence-corrected chi connectivity index (χ3v) is 3.83. The topological polar surface area (TPSA) is 12.0 Å². The molecule has 0 heterocycles. The van der Waals surface area contributed by atoms with Gasteiger partial charge in [-0.1, -0.05) is 51.5 Å². The standard InChI is InChI=1S/C17H27F2N/c1-3-4-5-6-7-8-10-14(20-2)13-15-16(18)11-9-12-17(15)19/h9,11-12,14,20H,3-8,10,13H2,1-2H3. The highest BCUT2D eigenvalue weighted by molar-refractivity contribution is 5.20. The summed E-state index contributed by atoms with van der Waals surface area (Å²) >= 11 is 0. The average Bonchev–Trinajstić information content (AvgIpc) is 2.44. The number of likely N-dealkylation sites (N-methyl/N-ethyl adjacent to an activating group) is 1. The molecule has 20 heavy (non-hydrogen) atoms. The molecule has 1 aromatic rings. The molecule has 0 spiro atoms. The Labute approximate surface area is 121 Å². The van der Waals surface area contributed by atoms with Crippen LogP contribution in [0.4, 0.5) is 8.78 Å². The van der Waals surface area contributed by atoms with Crippen molar-refractivity contribution in [2.45, 2.75) is 64.3 Å². The van der Waals surface area contributed by atoms with E-state index < -0.39 is 11.6 Å². The zero-order chi connectivity index (χ0) is 14.8. The van der Waals surface area contributed by atoms with Crippen LogP contribution in [0.5, 0.6) is 0 Å². The molecule has 1 aromatic carbocycles. The van der Waals surface area contributed by atoms with Crippen molar-refractivity contribution < 1.29 is 8.78 Å². The first kappa shape index (κ1) is 17.1. The van der Waals surface area contributed by atoms with Crippen molar-refractivity contribution in [3.63, 3.8) is 0 Å². The quantitative estimate of drug-likeness (QED) is 0.605. The van der Waals surface area contributed by atoms with Crippen LogP contribution in [0.15, 0.2) is 18.2 Å². The molecule has 0 bridgehead atoms. The highest BCUT2D eigenvalue weighted by Gasteiger charge is 2.14. The first-order chi connectivity index (χ1) is 9.69. The average molecular weight is 283 g/mol. The van der Waals surface area contributed by atoms with Gasteiger partial charge in [0, 0.05) is 11.6 Å². The highest BCUT2D eigenvalue weighted by atomic mass is 19.1. The van der Waals surface area contributed by atoms with Crippen molar-refractivity contribution in [1.82, 2.24) is 5.32 Å². The van der Waals surface area contributed by atoms with Crippen LogP contribution in [0.2, 0.25) is 0 Å². The number of hydrogen-bond donors (Lipinski definition) is 1. The molecular weight excluding hydrogens is 256 g/mol. The van der Waals surface area contributed by atoms with Crippen molar-refractivity contribution in [1.29, 1.82) is 0 Å². The van der Waals surface area contributed by atoms with Crippen LogP contribution in [-0.2, 0) is 6.42 Å². The lowest BCUT2D eigenvalue weighted by molar-refractivity contribution is 0.459. The predicted octanol–water partition coefficient (Wildman–Crippen LogP) is 4.85. The van der Waals surface area contributed by atoms with E-state index in [0.717, 1.165) is 12.8 Å². The smallest absolute Gasteiger partial charge is 0.129 e. The molecule has 0 radical (unpaired) electrons. The minimum atomic E-state index is -0.437. The zero-order valence-corrected chi connectivity index (χ0v) is 12.7. The molecule has 0 saturated carbocycles. The van der Waals surface area contributed by atoms with Gasteiger partial charge in [0.2, 0.25) is 0 Å². The first-order valence-electron chi connectivity index (χ1n) is 7.79. The van der Waals surface area contributed by atoms with Gasteiger partial charge < -0.3 is 5.32 Å². The predicted molar refractivity (Wildman–Crippen MR) is 80.9 cm³/mol. The monoisotopic (exact) mass is 283 g/mol. The molecule has 3 heteroatoms. The van der Waals surface area contributed by atoms with E-state index >= 15 is 0 Å². The van der Waals surface area contributed by atoms with Gasteiger partial charge in [-0.05, 0) is 32.0 Å². The van der Waals surface area contributed by atoms with Crippen molar-refractivity contribution in [2.75, 3.05) is 7.05 Å². The van der Waals surface area contributed by atoms with Crippen LogP contribution in [0.1, 0.15) is 57.4 Å². The van der Waals surface area contributed by atoms with Crippen LogP contribution in [0.25, 0.3) is 0 Å². The van der Waals surface area contributed by atoms with Crippen molar-refractivity contribution in [2.24, 2.45) is 0 Å². The van der Waals surface area contributed by atoms with Crippen molar-refractivity contribution in [3.8, 4) is 0 Å². The normalized spacial score (nSPS) is 12.6. The Hall–Kier alpha value is -0.960. The summed E-state index contributed by atoms with van der Waals surface area (Å²) in [6, 6.07) is 4.22. The molecule has 0 aliphatic rings. The van der Waals surface area contributed by atoms with Crippen LogP contribution in [0.3, 0.4) is 0 Å². The highest BCUT2D eigenvalue weighted by Crippen LogP contribution is 2.17. The van der Waals surface area contributed by atoms with Crippen molar-refractivity contribution in [3.05, 3.63) is 35.4 Å². The number of halogens is 2. The SMILES string of the molecule is CCCCCCCCC(Cc1c(F)cccc1F)NC. The first-order valence-corrected chi connectivity index (χ1v) is 7.79. The lowest BCUT2D eigenvalue weighted by Gasteiger charge is -2.17. The van der Waals surface area contributed by atoms with E-state index in [1.165, 1.54) is 50.3 Å². The molecule has 0 aromatic heterocycles. The van der Waals surface area contributed by atoms with Gasteiger partial charge in [-0.15, -0.1) is 0 Å². The van der Waals surface area contributed by atoms with Gasteiger partial charge in [0.05, 0.1) is 0 Å². The molecule has 1 unspecified atom stereocenters. The molecule has 1 atom stereocenters. The van der Waals surface area contributed by atoms with Crippen LogP contribution < -0.4 is 5.32 Å². The Bertz CT molecular complexity index is 359. The number of rotatable bonds is 10. The Morgan fingerprint density at radius 3 is 2.20 bits per heavy atom. The third kappa shape index (κ3) is 6.00. The summed E-state index contributed by atoms with van der Waals surface area (Å²) in [5.41, 5.74) is 0.206. The van der Waals surface area contributed by atoms with Crippen LogP contribution in [0, 0.1) is 11.6 Å². The summed E-state index contributed by atoms with van der Waals surface area (Å²) < 4.78 is 27.2. The summed E-state index contributed by atoms with van der Waals surface area (Å²) in [5, 5.41) is 3.17. The lowest BCUT2D eigenvalue weighted by Crippen LogP contribution is -2.28. The van der Waals surface area contributed by atoms with Crippen LogP contribution >= 0.6 is 0 Å². The molecule has 0 amide bonds. The van der Waals surface area contributed by atoms with Gasteiger partial charge in [-0.2, -0.15) is 0 Å². The number of nitrogens with one attached hydrogen (secondary N) is 1. The van der Waals surface area contributed by atoms with E-state index in [0.29, 0.717) is 6.42 Å². The summed E-state index contributed by atoms with van der Waals surface area (Å²) in [7, 11) is 1.86. The fraction of sp³-hybridized carbons (Fsp3) is 0.647. The molecule has 1 nitrogen and oxygen atoms in total. The molecule has 1 rings (SSSR count). The zero-order valence-electron chi connectivity index (χ0n) is 12.7. The van der Waals surface area contributed by atoms with Gasteiger partial charge in [0.15, 0.2) is 0 Å². The molecule has 0 aliphatic heterocycles. The Morgan fingerprint density at radius 1 is 1.00 bits per heavy atom. The van der Waals surface area contributed by atoms with Gasteiger partial charge in [0.1, 0.15) is 11.6 Å². The summed E-state index contributed by atoms with van der Waals surface area (Å²) in [5.74, 6) is -0.874. The lowest BCUT2D eigenvalue weighted by atomic mass is 9.99. The van der Waals surface area contributed by atoms with Gasteiger partial charge >= 0.3 is 0 Å². The fourth-order valence-electron chi connectivity index (χ4n) is 2.49. The molecule has 0 fully saturated rings. The van der Waals surface area contributed by atoms with Crippen molar-refractivity contribution >= 4 is 0 Å². The second kappa shape index (κ2) is 9.87. The van der Waals surface area contributed by atoms with Gasteiger partial charge in [-0.25, -0.2) is 8.78 Å². The summed E-state index contributed by atoms with van der Waals surface area (Å²) in [4.78, 5) is 0. The maximum Gasteiger partial charge on any atom is 0.129 e. The largest absolute Gasteiger partial charge is 0.317 e. The van der Waals surface area contributed by atoms with Gasteiger partial charge in [0.25, 0.3) is 0 Å². The Kier molecular flexibility index (Phi) is 8.43. The van der Waals surface area contributed by atoms with E-state index in [1.807, 2.05) is 7.05 Å². The maximum atomic E-state index is 13.6. The second-order valence-corrected chi connectivity index (χ2v) is 5.45. The van der Waals surface area contributed by atoms with E-state index in [-0.39, 0.29) is 11.6 Å². The molecule has 114 valence electrons. The summed E-state index contributed by atoms with van der Waals surface area (Å²) in [6.07, 6.45) is 8.83. The third-order valence-electron chi connectivity index (χ3n) is 3.83. The molecule has 0 saturated heterocycles.